The normalized spacial score (nSPS) is 10.2. The number of benzene rings is 2. The van der Waals surface area contributed by atoms with Crippen LogP contribution in [0, 0.1) is 15.9 Å². The first-order valence-electron chi connectivity index (χ1n) is 5.43. The molecule has 5 nitrogen and oxygen atoms in total. The minimum Gasteiger partial charge on any atom is -0.478 e. The smallest absolute Gasteiger partial charge is 0.336 e. The van der Waals surface area contributed by atoms with Crippen LogP contribution in [0.5, 0.6) is 0 Å². The number of nitrogens with zero attached hydrogens (tertiary/aromatic N) is 1. The summed E-state index contributed by atoms with van der Waals surface area (Å²) in [4.78, 5) is 21.7. The molecule has 0 spiro atoms. The second kappa shape index (κ2) is 5.70. The number of carboxylic acid groups (broad SMARTS) is 1. The summed E-state index contributed by atoms with van der Waals surface area (Å²) in [6.07, 6.45) is 0. The third kappa shape index (κ3) is 2.94. The van der Waals surface area contributed by atoms with Gasteiger partial charge in [0.25, 0.3) is 5.69 Å². The van der Waals surface area contributed by atoms with Crippen LogP contribution >= 0.6 is 11.8 Å². The van der Waals surface area contributed by atoms with Gasteiger partial charge in [0, 0.05) is 11.0 Å². The van der Waals surface area contributed by atoms with Crippen molar-refractivity contribution < 1.29 is 19.2 Å². The van der Waals surface area contributed by atoms with Crippen LogP contribution in [0.3, 0.4) is 0 Å². The zero-order valence-corrected chi connectivity index (χ0v) is 10.8. The highest BCUT2D eigenvalue weighted by Crippen LogP contribution is 2.36. The average molecular weight is 293 g/mol. The fourth-order valence-corrected chi connectivity index (χ4v) is 2.64. The number of hydrogen-bond donors (Lipinski definition) is 1. The van der Waals surface area contributed by atoms with Gasteiger partial charge in [-0.2, -0.15) is 0 Å². The lowest BCUT2D eigenvalue weighted by Gasteiger charge is -2.06. The number of carboxylic acids is 1. The Morgan fingerprint density at radius 3 is 2.55 bits per heavy atom. The number of aromatic carboxylic acids is 1. The van der Waals surface area contributed by atoms with E-state index in [9.17, 15) is 19.3 Å². The van der Waals surface area contributed by atoms with E-state index in [-0.39, 0.29) is 16.1 Å². The van der Waals surface area contributed by atoms with Gasteiger partial charge in [0.1, 0.15) is 5.82 Å². The van der Waals surface area contributed by atoms with Gasteiger partial charge in [-0.25, -0.2) is 9.18 Å². The fourth-order valence-electron chi connectivity index (χ4n) is 1.57. The summed E-state index contributed by atoms with van der Waals surface area (Å²) in [5, 5.41) is 20.0. The molecule has 0 aliphatic rings. The van der Waals surface area contributed by atoms with Crippen LogP contribution in [0.4, 0.5) is 10.1 Å². The van der Waals surface area contributed by atoms with Crippen LogP contribution < -0.4 is 0 Å². The van der Waals surface area contributed by atoms with Crippen molar-refractivity contribution in [3.05, 3.63) is 64.0 Å². The molecular formula is C13H8FNO4S. The Labute approximate surface area is 117 Å². The van der Waals surface area contributed by atoms with Gasteiger partial charge in [0.15, 0.2) is 0 Å². The molecule has 0 aliphatic heterocycles. The van der Waals surface area contributed by atoms with E-state index in [2.05, 4.69) is 0 Å². The SMILES string of the molecule is O=C(O)c1ccccc1Sc1cc(F)ccc1[N+](=O)[O-]. The molecule has 20 heavy (non-hydrogen) atoms. The minimum atomic E-state index is -1.15. The average Bonchev–Trinajstić information content (AvgIpc) is 2.38. The highest BCUT2D eigenvalue weighted by molar-refractivity contribution is 7.99. The molecule has 0 saturated heterocycles. The largest absolute Gasteiger partial charge is 0.478 e. The number of halogens is 1. The topological polar surface area (TPSA) is 80.4 Å². The molecule has 2 rings (SSSR count). The van der Waals surface area contributed by atoms with Gasteiger partial charge in [-0.15, -0.1) is 0 Å². The molecule has 0 saturated carbocycles. The maximum Gasteiger partial charge on any atom is 0.336 e. The van der Waals surface area contributed by atoms with Crippen molar-refractivity contribution in [2.75, 3.05) is 0 Å². The molecule has 0 aromatic heterocycles. The number of rotatable bonds is 4. The summed E-state index contributed by atoms with van der Waals surface area (Å²) in [6.45, 7) is 0. The number of carbonyl (C=O) groups is 1. The second-order valence-corrected chi connectivity index (χ2v) is 4.86. The predicted molar refractivity (Wildman–Crippen MR) is 70.6 cm³/mol. The highest BCUT2D eigenvalue weighted by Gasteiger charge is 2.18. The Kier molecular flexibility index (Phi) is 3.99. The molecule has 1 N–H and O–H groups in total. The molecule has 0 atom stereocenters. The fraction of sp³-hybridized carbons (Fsp3) is 0. The van der Waals surface area contributed by atoms with E-state index in [4.69, 9.17) is 5.11 Å². The van der Waals surface area contributed by atoms with E-state index in [1.54, 1.807) is 12.1 Å². The van der Waals surface area contributed by atoms with Crippen molar-refractivity contribution in [3.8, 4) is 0 Å². The van der Waals surface area contributed by atoms with E-state index in [1.807, 2.05) is 0 Å². The van der Waals surface area contributed by atoms with Crippen LogP contribution in [0.25, 0.3) is 0 Å². The van der Waals surface area contributed by atoms with Gasteiger partial charge in [-0.05, 0) is 24.3 Å². The van der Waals surface area contributed by atoms with Crippen molar-refractivity contribution in [1.82, 2.24) is 0 Å². The van der Waals surface area contributed by atoms with E-state index in [0.717, 1.165) is 30.0 Å². The Bertz CT molecular complexity index is 690. The number of nitro groups is 1. The summed E-state index contributed by atoms with van der Waals surface area (Å²) in [7, 11) is 0. The van der Waals surface area contributed by atoms with Gasteiger partial charge in [-0.3, -0.25) is 10.1 Å². The summed E-state index contributed by atoms with van der Waals surface area (Å²) < 4.78 is 13.2. The van der Waals surface area contributed by atoms with E-state index in [0.29, 0.717) is 4.90 Å². The zero-order chi connectivity index (χ0) is 14.7. The molecule has 0 bridgehead atoms. The third-order valence-electron chi connectivity index (χ3n) is 2.46. The Morgan fingerprint density at radius 1 is 1.20 bits per heavy atom. The van der Waals surface area contributed by atoms with Crippen molar-refractivity contribution >= 4 is 23.4 Å². The van der Waals surface area contributed by atoms with Crippen LogP contribution in [0.1, 0.15) is 10.4 Å². The lowest BCUT2D eigenvalue weighted by Crippen LogP contribution is -1.98. The molecule has 7 heteroatoms. The first kappa shape index (κ1) is 14.0. The minimum absolute atomic E-state index is 0.0102. The second-order valence-electron chi connectivity index (χ2n) is 3.77. The standard InChI is InChI=1S/C13H8FNO4S/c14-8-5-6-10(15(18)19)12(7-8)20-11-4-2-1-3-9(11)13(16)17/h1-7H,(H,16,17). The van der Waals surface area contributed by atoms with Crippen molar-refractivity contribution in [1.29, 1.82) is 0 Å². The maximum absolute atomic E-state index is 13.2. The van der Waals surface area contributed by atoms with Gasteiger partial charge in [0.2, 0.25) is 0 Å². The first-order valence-corrected chi connectivity index (χ1v) is 6.25. The van der Waals surface area contributed by atoms with Gasteiger partial charge >= 0.3 is 5.97 Å². The molecular weight excluding hydrogens is 285 g/mol. The molecule has 102 valence electrons. The summed E-state index contributed by atoms with van der Waals surface area (Å²) in [5.74, 6) is -1.77. The Balaban J connectivity index is 2.47. The monoisotopic (exact) mass is 293 g/mol. The highest BCUT2D eigenvalue weighted by atomic mass is 32.2. The molecule has 2 aromatic rings. The molecule has 0 radical (unpaired) electrons. The van der Waals surface area contributed by atoms with Gasteiger partial charge in [0.05, 0.1) is 15.4 Å². The van der Waals surface area contributed by atoms with Gasteiger partial charge < -0.3 is 5.11 Å². The van der Waals surface area contributed by atoms with E-state index < -0.39 is 16.7 Å². The van der Waals surface area contributed by atoms with Crippen LogP contribution in [0.2, 0.25) is 0 Å². The summed E-state index contributed by atoms with van der Waals surface area (Å²) >= 11 is 0.849. The zero-order valence-electron chi connectivity index (χ0n) is 9.95. The van der Waals surface area contributed by atoms with Crippen molar-refractivity contribution in [3.63, 3.8) is 0 Å². The summed E-state index contributed by atoms with van der Waals surface area (Å²) in [6, 6.07) is 9.12. The molecule has 0 aliphatic carbocycles. The number of nitro benzene ring substituents is 1. The lowest BCUT2D eigenvalue weighted by atomic mass is 10.2. The number of hydrogen-bond acceptors (Lipinski definition) is 4. The third-order valence-corrected chi connectivity index (χ3v) is 3.58. The Morgan fingerprint density at radius 2 is 1.90 bits per heavy atom. The lowest BCUT2D eigenvalue weighted by molar-refractivity contribution is -0.387. The van der Waals surface area contributed by atoms with Gasteiger partial charge in [-0.1, -0.05) is 23.9 Å². The Hall–Kier alpha value is -2.41. The maximum atomic E-state index is 13.2. The summed E-state index contributed by atoms with van der Waals surface area (Å²) in [5.41, 5.74) is -0.257. The predicted octanol–water partition coefficient (Wildman–Crippen LogP) is 3.58. The molecule has 0 heterocycles. The van der Waals surface area contributed by atoms with Crippen molar-refractivity contribution in [2.24, 2.45) is 0 Å². The molecule has 0 unspecified atom stereocenters. The van der Waals surface area contributed by atoms with Crippen LogP contribution in [-0.4, -0.2) is 16.0 Å². The quantitative estimate of drug-likeness (QED) is 0.688. The molecule has 2 aromatic carbocycles. The molecule has 0 amide bonds. The first-order chi connectivity index (χ1) is 9.49. The van der Waals surface area contributed by atoms with Crippen LogP contribution in [-0.2, 0) is 0 Å². The molecule has 0 fully saturated rings. The van der Waals surface area contributed by atoms with Crippen LogP contribution in [0.15, 0.2) is 52.3 Å². The van der Waals surface area contributed by atoms with E-state index in [1.165, 1.54) is 12.1 Å². The van der Waals surface area contributed by atoms with E-state index >= 15 is 0 Å². The van der Waals surface area contributed by atoms with Crippen molar-refractivity contribution in [2.45, 2.75) is 9.79 Å².